The summed E-state index contributed by atoms with van der Waals surface area (Å²) in [5, 5.41) is 20.1. The van der Waals surface area contributed by atoms with Crippen LogP contribution in [0, 0.1) is 23.0 Å². The van der Waals surface area contributed by atoms with E-state index in [0.29, 0.717) is 17.6 Å². The fourth-order valence-electron chi connectivity index (χ4n) is 4.80. The molecule has 2 aliphatic rings. The first-order valence-corrected chi connectivity index (χ1v) is 10.4. The lowest BCUT2D eigenvalue weighted by Gasteiger charge is -2.35. The Bertz CT molecular complexity index is 1240. The average molecular weight is 414 g/mol. The molecular weight excluding hydrogens is 392 g/mol. The zero-order valence-electron chi connectivity index (χ0n) is 17.3. The lowest BCUT2D eigenvalue weighted by Crippen LogP contribution is -2.33. The van der Waals surface area contributed by atoms with Crippen LogP contribution in [0.25, 0.3) is 11.1 Å². The van der Waals surface area contributed by atoms with Crippen molar-refractivity contribution in [3.63, 3.8) is 0 Å². The molecule has 2 atom stereocenters. The van der Waals surface area contributed by atoms with Crippen LogP contribution in [0.3, 0.4) is 0 Å². The van der Waals surface area contributed by atoms with E-state index in [2.05, 4.69) is 12.2 Å². The molecule has 0 amide bonds. The first kappa shape index (κ1) is 19.2. The Balaban J connectivity index is 1.79. The van der Waals surface area contributed by atoms with Gasteiger partial charge in [-0.3, -0.25) is 14.9 Å². The van der Waals surface area contributed by atoms with Gasteiger partial charge in [-0.2, -0.15) is 5.10 Å². The number of Topliss-reactive ketones (excluding diaryl/α,β-unsaturated/α-hetero) is 1. The summed E-state index contributed by atoms with van der Waals surface area (Å²) in [6, 6.07) is 15.9. The van der Waals surface area contributed by atoms with Crippen molar-refractivity contribution in [2.45, 2.75) is 32.7 Å². The van der Waals surface area contributed by atoms with E-state index in [9.17, 15) is 14.9 Å². The van der Waals surface area contributed by atoms with Crippen LogP contribution in [0.2, 0.25) is 0 Å². The van der Waals surface area contributed by atoms with Crippen molar-refractivity contribution < 1.29 is 9.72 Å². The van der Waals surface area contributed by atoms with Crippen molar-refractivity contribution in [2.75, 3.05) is 5.32 Å². The van der Waals surface area contributed by atoms with Crippen LogP contribution in [0.4, 0.5) is 11.5 Å². The molecule has 1 aliphatic heterocycles. The van der Waals surface area contributed by atoms with E-state index >= 15 is 0 Å². The molecule has 156 valence electrons. The van der Waals surface area contributed by atoms with Crippen molar-refractivity contribution in [1.29, 1.82) is 0 Å². The Morgan fingerprint density at radius 1 is 1.10 bits per heavy atom. The first-order chi connectivity index (χ1) is 15.0. The Labute approximate surface area is 179 Å². The maximum atomic E-state index is 13.2. The number of aromatic nitrogens is 2. The third-order valence-corrected chi connectivity index (χ3v) is 6.08. The third-order valence-electron chi connectivity index (χ3n) is 6.08. The molecule has 2 heterocycles. The molecule has 2 aromatic carbocycles. The molecule has 1 N–H and O–H groups in total. The molecule has 0 bridgehead atoms. The zero-order valence-corrected chi connectivity index (χ0v) is 17.3. The smallest absolute Gasteiger partial charge is 0.275 e. The SMILES string of the molecule is Cc1nn2c(c1-c1ccccc1)NC1=C(C(=O)C[C@@H](C)C1)[C@@H]2c1ccccc1[N+](=O)[O-]. The number of fused-ring (bicyclic) bond motifs is 1. The molecule has 7 nitrogen and oxygen atoms in total. The van der Waals surface area contributed by atoms with Gasteiger partial charge in [0.25, 0.3) is 5.69 Å². The van der Waals surface area contributed by atoms with Gasteiger partial charge < -0.3 is 5.32 Å². The van der Waals surface area contributed by atoms with Gasteiger partial charge >= 0.3 is 0 Å². The normalized spacial score (nSPS) is 20.1. The van der Waals surface area contributed by atoms with Crippen molar-refractivity contribution in [3.05, 3.63) is 87.2 Å². The summed E-state index contributed by atoms with van der Waals surface area (Å²) in [5.74, 6) is 0.998. The number of para-hydroxylation sites is 1. The fourth-order valence-corrected chi connectivity index (χ4v) is 4.80. The molecule has 1 aromatic heterocycles. The quantitative estimate of drug-likeness (QED) is 0.479. The van der Waals surface area contributed by atoms with Crippen molar-refractivity contribution in [2.24, 2.45) is 5.92 Å². The first-order valence-electron chi connectivity index (χ1n) is 10.4. The second-order valence-electron chi connectivity index (χ2n) is 8.29. The summed E-state index contributed by atoms with van der Waals surface area (Å²) in [5.41, 5.74) is 4.66. The minimum Gasteiger partial charge on any atom is -0.343 e. The van der Waals surface area contributed by atoms with Gasteiger partial charge in [-0.25, -0.2) is 4.68 Å². The topological polar surface area (TPSA) is 90.1 Å². The molecule has 0 radical (unpaired) electrons. The predicted octanol–water partition coefficient (Wildman–Crippen LogP) is 5.03. The van der Waals surface area contributed by atoms with Crippen LogP contribution in [-0.2, 0) is 4.79 Å². The number of rotatable bonds is 3. The zero-order chi connectivity index (χ0) is 21.7. The molecule has 3 aromatic rings. The number of carbonyl (C=O) groups excluding carboxylic acids is 1. The Hall–Kier alpha value is -3.74. The number of allylic oxidation sites excluding steroid dienone is 2. The number of nitro groups is 1. The number of carbonyl (C=O) groups is 1. The Morgan fingerprint density at radius 3 is 2.55 bits per heavy atom. The maximum absolute atomic E-state index is 13.2. The van der Waals surface area contributed by atoms with Gasteiger partial charge in [0.05, 0.1) is 16.2 Å². The number of nitro benzene ring substituents is 1. The minimum atomic E-state index is -0.635. The molecule has 7 heteroatoms. The lowest BCUT2D eigenvalue weighted by atomic mass is 9.80. The minimum absolute atomic E-state index is 0.00645. The van der Waals surface area contributed by atoms with Gasteiger partial charge in [-0.15, -0.1) is 0 Å². The van der Waals surface area contributed by atoms with Crippen molar-refractivity contribution in [3.8, 4) is 11.1 Å². The number of benzene rings is 2. The highest BCUT2D eigenvalue weighted by atomic mass is 16.6. The monoisotopic (exact) mass is 414 g/mol. The molecule has 31 heavy (non-hydrogen) atoms. The molecule has 1 aliphatic carbocycles. The number of ketones is 1. The molecule has 0 saturated carbocycles. The molecule has 0 fully saturated rings. The molecular formula is C24H22N4O3. The van der Waals surface area contributed by atoms with Crippen molar-refractivity contribution in [1.82, 2.24) is 9.78 Å². The van der Waals surface area contributed by atoms with E-state index in [-0.39, 0.29) is 22.3 Å². The van der Waals surface area contributed by atoms with Gasteiger partial charge in [0.1, 0.15) is 11.9 Å². The summed E-state index contributed by atoms with van der Waals surface area (Å²) >= 11 is 0. The highest BCUT2D eigenvalue weighted by Gasteiger charge is 2.41. The van der Waals surface area contributed by atoms with E-state index in [0.717, 1.165) is 34.8 Å². The number of nitrogens with zero attached hydrogens (tertiary/aromatic N) is 3. The van der Waals surface area contributed by atoms with Crippen LogP contribution in [0.1, 0.15) is 37.1 Å². The number of anilines is 1. The number of aryl methyl sites for hydroxylation is 1. The third kappa shape index (κ3) is 3.04. The highest BCUT2D eigenvalue weighted by Crippen LogP contribution is 2.47. The fraction of sp³-hybridized carbons (Fsp3) is 0.250. The predicted molar refractivity (Wildman–Crippen MR) is 118 cm³/mol. The summed E-state index contributed by atoms with van der Waals surface area (Å²) in [6.45, 7) is 3.98. The summed E-state index contributed by atoms with van der Waals surface area (Å²) in [6.07, 6.45) is 1.15. The second-order valence-corrected chi connectivity index (χ2v) is 8.29. The summed E-state index contributed by atoms with van der Waals surface area (Å²) in [4.78, 5) is 24.6. The van der Waals surface area contributed by atoms with Gasteiger partial charge in [0, 0.05) is 29.3 Å². The molecule has 5 rings (SSSR count). The average Bonchev–Trinajstić information content (AvgIpc) is 3.08. The van der Waals surface area contributed by atoms with Gasteiger partial charge in [0.2, 0.25) is 0 Å². The summed E-state index contributed by atoms with van der Waals surface area (Å²) < 4.78 is 1.76. The van der Waals surface area contributed by atoms with E-state index in [1.54, 1.807) is 22.9 Å². The van der Waals surface area contributed by atoms with Gasteiger partial charge in [0.15, 0.2) is 5.78 Å². The maximum Gasteiger partial charge on any atom is 0.275 e. The van der Waals surface area contributed by atoms with Gasteiger partial charge in [-0.05, 0) is 30.9 Å². The largest absolute Gasteiger partial charge is 0.343 e. The van der Waals surface area contributed by atoms with E-state index in [1.807, 2.05) is 37.3 Å². The lowest BCUT2D eigenvalue weighted by molar-refractivity contribution is -0.385. The van der Waals surface area contributed by atoms with Crippen molar-refractivity contribution >= 4 is 17.3 Å². The summed E-state index contributed by atoms with van der Waals surface area (Å²) in [7, 11) is 0. The number of hydrogen-bond donors (Lipinski definition) is 1. The number of hydrogen-bond acceptors (Lipinski definition) is 5. The van der Waals surface area contributed by atoms with Crippen LogP contribution < -0.4 is 5.32 Å². The Kier molecular flexibility index (Phi) is 4.46. The van der Waals surface area contributed by atoms with Crippen LogP contribution in [0.5, 0.6) is 0 Å². The standard InChI is InChI=1S/C24H22N4O3/c1-14-12-18-22(20(29)13-14)23(17-10-6-7-11-19(17)28(30)31)27-24(25-18)21(15(2)26-27)16-8-4-3-5-9-16/h3-11,14,23,25H,12-13H2,1-2H3/t14-,23-/m0/s1. The molecule has 0 saturated heterocycles. The van der Waals surface area contributed by atoms with Crippen LogP contribution in [0.15, 0.2) is 65.9 Å². The van der Waals surface area contributed by atoms with Crippen LogP contribution in [-0.4, -0.2) is 20.5 Å². The van der Waals surface area contributed by atoms with E-state index in [4.69, 9.17) is 5.10 Å². The highest BCUT2D eigenvalue weighted by molar-refractivity contribution is 6.00. The number of nitrogens with one attached hydrogen (secondary N) is 1. The second kappa shape index (κ2) is 7.19. The van der Waals surface area contributed by atoms with Crippen LogP contribution >= 0.6 is 0 Å². The van der Waals surface area contributed by atoms with Gasteiger partial charge in [-0.1, -0.05) is 49.4 Å². The molecule has 0 unspecified atom stereocenters. The van der Waals surface area contributed by atoms with E-state index in [1.165, 1.54) is 6.07 Å². The molecule has 0 spiro atoms. The van der Waals surface area contributed by atoms with E-state index < -0.39 is 6.04 Å². The Morgan fingerprint density at radius 2 is 1.81 bits per heavy atom.